The van der Waals surface area contributed by atoms with E-state index < -0.39 is 0 Å². The van der Waals surface area contributed by atoms with Gasteiger partial charge in [0.15, 0.2) is 0 Å². The maximum atomic E-state index is 8.77. The first-order valence-corrected chi connectivity index (χ1v) is 6.87. The van der Waals surface area contributed by atoms with Crippen LogP contribution >= 0.6 is 22.9 Å². The van der Waals surface area contributed by atoms with Gasteiger partial charge in [0.2, 0.25) is 0 Å². The monoisotopic (exact) mass is 276 g/mol. The highest BCUT2D eigenvalue weighted by Crippen LogP contribution is 2.23. The molecular weight excluding hydrogens is 264 g/mol. The third-order valence-electron chi connectivity index (χ3n) is 2.73. The van der Waals surface area contributed by atoms with Crippen LogP contribution in [0.15, 0.2) is 36.4 Å². The Hall–Kier alpha value is -1.34. The van der Waals surface area contributed by atoms with Gasteiger partial charge in [-0.2, -0.15) is 5.26 Å². The number of rotatable bonds is 4. The molecule has 2 rings (SSSR count). The molecule has 18 heavy (non-hydrogen) atoms. The molecule has 0 aliphatic heterocycles. The van der Waals surface area contributed by atoms with Crippen LogP contribution in [0, 0.1) is 11.3 Å². The van der Waals surface area contributed by atoms with Gasteiger partial charge in [0.25, 0.3) is 0 Å². The Balaban J connectivity index is 1.98. The van der Waals surface area contributed by atoms with E-state index in [4.69, 9.17) is 16.9 Å². The van der Waals surface area contributed by atoms with E-state index in [9.17, 15) is 0 Å². The first kappa shape index (κ1) is 13.1. The summed E-state index contributed by atoms with van der Waals surface area (Å²) in [5.41, 5.74) is 1.09. The third-order valence-corrected chi connectivity index (χ3v) is 4.06. The van der Waals surface area contributed by atoms with Gasteiger partial charge in [0, 0.05) is 22.5 Å². The smallest absolute Gasteiger partial charge is 0.110 e. The molecule has 1 aromatic carbocycles. The van der Waals surface area contributed by atoms with E-state index in [0.29, 0.717) is 0 Å². The second kappa shape index (κ2) is 6.01. The molecule has 0 unspecified atom stereocenters. The van der Waals surface area contributed by atoms with Gasteiger partial charge in [-0.25, -0.2) is 0 Å². The fourth-order valence-electron chi connectivity index (χ4n) is 1.72. The lowest BCUT2D eigenvalue weighted by Crippen LogP contribution is -2.17. The molecule has 0 saturated carbocycles. The largest absolute Gasteiger partial charge is 0.305 e. The zero-order chi connectivity index (χ0) is 13.0. The normalized spacial score (nSPS) is 12.1. The van der Waals surface area contributed by atoms with Gasteiger partial charge >= 0.3 is 0 Å². The van der Waals surface area contributed by atoms with E-state index in [2.05, 4.69) is 18.3 Å². The minimum absolute atomic E-state index is 0.186. The van der Waals surface area contributed by atoms with Crippen molar-refractivity contribution < 1.29 is 0 Å². The van der Waals surface area contributed by atoms with Gasteiger partial charge in [0.1, 0.15) is 10.9 Å². The topological polar surface area (TPSA) is 35.8 Å². The minimum Gasteiger partial charge on any atom is -0.305 e. The van der Waals surface area contributed by atoms with Gasteiger partial charge in [-0.15, -0.1) is 11.3 Å². The van der Waals surface area contributed by atoms with E-state index >= 15 is 0 Å². The number of halogens is 1. The maximum Gasteiger partial charge on any atom is 0.110 e. The van der Waals surface area contributed by atoms with Gasteiger partial charge in [-0.05, 0) is 30.7 Å². The molecule has 0 aliphatic rings. The van der Waals surface area contributed by atoms with Gasteiger partial charge in [0.05, 0.1) is 0 Å². The fourth-order valence-corrected chi connectivity index (χ4v) is 2.78. The summed E-state index contributed by atoms with van der Waals surface area (Å²) in [6.45, 7) is 2.83. The van der Waals surface area contributed by atoms with Crippen LogP contribution in [0.4, 0.5) is 0 Å². The molecule has 0 radical (unpaired) electrons. The number of nitrogens with one attached hydrogen (secondary N) is 1. The highest BCUT2D eigenvalue weighted by molar-refractivity contribution is 7.12. The Morgan fingerprint density at radius 3 is 2.78 bits per heavy atom. The van der Waals surface area contributed by atoms with E-state index in [1.54, 1.807) is 0 Å². The van der Waals surface area contributed by atoms with E-state index in [1.165, 1.54) is 11.3 Å². The van der Waals surface area contributed by atoms with E-state index in [-0.39, 0.29) is 6.04 Å². The summed E-state index contributed by atoms with van der Waals surface area (Å²) in [5, 5.41) is 13.0. The lowest BCUT2D eigenvalue weighted by molar-refractivity contribution is 0.579. The van der Waals surface area contributed by atoms with Crippen LogP contribution in [0.25, 0.3) is 0 Å². The molecule has 0 saturated heterocycles. The summed E-state index contributed by atoms with van der Waals surface area (Å²) in [7, 11) is 0. The average Bonchev–Trinajstić information content (AvgIpc) is 2.84. The van der Waals surface area contributed by atoms with Crippen molar-refractivity contribution in [1.82, 2.24) is 5.32 Å². The van der Waals surface area contributed by atoms with Crippen LogP contribution < -0.4 is 5.32 Å². The maximum absolute atomic E-state index is 8.77. The molecule has 2 nitrogen and oxygen atoms in total. The Kier molecular flexibility index (Phi) is 4.38. The van der Waals surface area contributed by atoms with Crippen molar-refractivity contribution in [1.29, 1.82) is 5.26 Å². The fraction of sp³-hybridized carbons (Fsp3) is 0.214. The predicted octanol–water partition coefficient (Wildman–Crippen LogP) is 4.12. The summed E-state index contributed by atoms with van der Waals surface area (Å²) in [4.78, 5) is 1.91. The summed E-state index contributed by atoms with van der Waals surface area (Å²) in [6.07, 6.45) is 0. The number of hydrogen-bond acceptors (Lipinski definition) is 3. The van der Waals surface area contributed by atoms with Crippen LogP contribution in [-0.4, -0.2) is 0 Å². The van der Waals surface area contributed by atoms with Gasteiger partial charge in [-0.3, -0.25) is 0 Å². The number of hydrogen-bond donors (Lipinski definition) is 1. The van der Waals surface area contributed by atoms with E-state index in [1.807, 2.05) is 36.4 Å². The predicted molar refractivity (Wildman–Crippen MR) is 75.7 cm³/mol. The van der Waals surface area contributed by atoms with E-state index in [0.717, 1.165) is 26.9 Å². The van der Waals surface area contributed by atoms with Crippen LogP contribution in [0.5, 0.6) is 0 Å². The van der Waals surface area contributed by atoms with Crippen molar-refractivity contribution in [3.63, 3.8) is 0 Å². The Bertz CT molecular complexity index is 571. The van der Waals surface area contributed by atoms with Crippen molar-refractivity contribution in [2.75, 3.05) is 0 Å². The van der Waals surface area contributed by atoms with Crippen molar-refractivity contribution in [2.24, 2.45) is 0 Å². The molecule has 0 spiro atoms. The Morgan fingerprint density at radius 1 is 1.33 bits per heavy atom. The molecule has 1 heterocycles. The van der Waals surface area contributed by atoms with Crippen molar-refractivity contribution >= 4 is 22.9 Å². The zero-order valence-corrected chi connectivity index (χ0v) is 11.6. The number of benzene rings is 1. The molecule has 92 valence electrons. The lowest BCUT2D eigenvalue weighted by atomic mass is 10.1. The van der Waals surface area contributed by atoms with Crippen molar-refractivity contribution in [2.45, 2.75) is 19.5 Å². The number of nitriles is 1. The summed E-state index contributed by atoms with van der Waals surface area (Å²) in [6, 6.07) is 14.0. The molecule has 1 N–H and O–H groups in total. The molecule has 0 amide bonds. The molecule has 1 atom stereocenters. The summed E-state index contributed by atoms with van der Waals surface area (Å²) < 4.78 is 0. The Labute approximate surface area is 116 Å². The Morgan fingerprint density at radius 2 is 2.11 bits per heavy atom. The molecule has 2 aromatic rings. The highest BCUT2D eigenvalue weighted by atomic mass is 35.5. The minimum atomic E-state index is 0.186. The molecule has 0 fully saturated rings. The number of nitrogens with zero attached hydrogens (tertiary/aromatic N) is 1. The first-order chi connectivity index (χ1) is 8.70. The average molecular weight is 277 g/mol. The van der Waals surface area contributed by atoms with Crippen LogP contribution in [-0.2, 0) is 6.54 Å². The summed E-state index contributed by atoms with van der Waals surface area (Å²) >= 11 is 7.66. The standard InChI is InChI=1S/C14H13ClN2S/c1-10(13-4-2-3-5-14(13)15)17-9-12-7-6-11(8-16)18-12/h2-7,10,17H,9H2,1H3/t10-/m1/s1. The van der Waals surface area contributed by atoms with Crippen LogP contribution in [0.2, 0.25) is 5.02 Å². The zero-order valence-electron chi connectivity index (χ0n) is 9.98. The second-order valence-electron chi connectivity index (χ2n) is 4.00. The lowest BCUT2D eigenvalue weighted by Gasteiger charge is -2.14. The number of thiophene rings is 1. The SMILES string of the molecule is C[C@@H](NCc1ccc(C#N)s1)c1ccccc1Cl. The second-order valence-corrected chi connectivity index (χ2v) is 5.58. The highest BCUT2D eigenvalue weighted by Gasteiger charge is 2.08. The van der Waals surface area contributed by atoms with Crippen LogP contribution in [0.1, 0.15) is 28.3 Å². The molecule has 1 aromatic heterocycles. The molecule has 0 bridgehead atoms. The van der Waals surface area contributed by atoms with Gasteiger partial charge < -0.3 is 5.32 Å². The van der Waals surface area contributed by atoms with Crippen LogP contribution in [0.3, 0.4) is 0 Å². The quantitative estimate of drug-likeness (QED) is 0.912. The van der Waals surface area contributed by atoms with Crippen molar-refractivity contribution in [3.8, 4) is 6.07 Å². The van der Waals surface area contributed by atoms with Gasteiger partial charge in [-0.1, -0.05) is 29.8 Å². The molecule has 4 heteroatoms. The first-order valence-electron chi connectivity index (χ1n) is 5.67. The summed E-state index contributed by atoms with van der Waals surface area (Å²) in [5.74, 6) is 0. The molecular formula is C14H13ClN2S. The van der Waals surface area contributed by atoms with Crippen molar-refractivity contribution in [3.05, 3.63) is 56.7 Å². The molecule has 0 aliphatic carbocycles. The third kappa shape index (κ3) is 3.11.